The van der Waals surface area contributed by atoms with Crippen LogP contribution < -0.4 is 0 Å². The molecule has 0 saturated heterocycles. The molecule has 0 bridgehead atoms. The highest BCUT2D eigenvalue weighted by molar-refractivity contribution is 6.17. The lowest BCUT2D eigenvalue weighted by Crippen LogP contribution is -2.09. The van der Waals surface area contributed by atoms with E-state index >= 15 is 0 Å². The van der Waals surface area contributed by atoms with Crippen LogP contribution in [0.25, 0.3) is 22.2 Å². The average Bonchev–Trinajstić information content (AvgIpc) is 2.86. The molecule has 1 heterocycles. The second-order valence-corrected chi connectivity index (χ2v) is 4.81. The van der Waals surface area contributed by atoms with Crippen LogP contribution in [0.2, 0.25) is 0 Å². The molecule has 21 heavy (non-hydrogen) atoms. The maximum absolute atomic E-state index is 13.4. The molecule has 1 N–H and O–H groups in total. The molecule has 2 aromatic carbocycles. The molecule has 0 radical (unpaired) electrons. The van der Waals surface area contributed by atoms with E-state index in [-0.39, 0.29) is 0 Å². The van der Waals surface area contributed by atoms with Gasteiger partial charge in [-0.3, -0.25) is 0 Å². The molecule has 0 spiro atoms. The van der Waals surface area contributed by atoms with Gasteiger partial charge < -0.3 is 5.11 Å². The van der Waals surface area contributed by atoms with Gasteiger partial charge in [-0.05, 0) is 29.8 Å². The molecule has 3 rings (SSSR count). The Balaban J connectivity index is 2.33. The summed E-state index contributed by atoms with van der Waals surface area (Å²) >= 11 is 5.82. The van der Waals surface area contributed by atoms with Gasteiger partial charge in [-0.2, -0.15) is 9.78 Å². The Morgan fingerprint density at radius 3 is 2.76 bits per heavy atom. The fourth-order valence-electron chi connectivity index (χ4n) is 2.24. The highest BCUT2D eigenvalue weighted by Crippen LogP contribution is 2.29. The lowest BCUT2D eigenvalue weighted by molar-refractivity contribution is 0.194. The minimum Gasteiger partial charge on any atom is -0.463 e. The molecular formula is C15H10ClFN2O2. The van der Waals surface area contributed by atoms with Crippen LogP contribution in [0.1, 0.15) is 5.56 Å². The van der Waals surface area contributed by atoms with Gasteiger partial charge in [-0.1, -0.05) is 18.2 Å². The number of aromatic nitrogens is 2. The predicted molar refractivity (Wildman–Crippen MR) is 78.1 cm³/mol. The number of alkyl halides is 1. The number of benzene rings is 2. The highest BCUT2D eigenvalue weighted by Gasteiger charge is 2.16. The average molecular weight is 305 g/mol. The van der Waals surface area contributed by atoms with Gasteiger partial charge in [0.25, 0.3) is 0 Å². The molecular weight excluding hydrogens is 295 g/mol. The van der Waals surface area contributed by atoms with Crippen molar-refractivity contribution in [2.75, 3.05) is 0 Å². The lowest BCUT2D eigenvalue weighted by Gasteiger charge is -1.99. The summed E-state index contributed by atoms with van der Waals surface area (Å²) in [6.45, 7) is 0. The first kappa shape index (κ1) is 13.6. The van der Waals surface area contributed by atoms with Gasteiger partial charge in [0.2, 0.25) is 0 Å². The third-order valence-electron chi connectivity index (χ3n) is 3.18. The summed E-state index contributed by atoms with van der Waals surface area (Å²) in [6.07, 6.45) is -1.19. The number of nitrogens with zero attached hydrogens (tertiary/aromatic N) is 2. The maximum atomic E-state index is 13.4. The molecule has 3 aromatic rings. The van der Waals surface area contributed by atoms with E-state index in [0.29, 0.717) is 28.0 Å². The Labute approximate surface area is 124 Å². The first-order chi connectivity index (χ1) is 10.1. The van der Waals surface area contributed by atoms with Crippen LogP contribution in [0.3, 0.4) is 0 Å². The molecule has 0 aliphatic rings. The van der Waals surface area contributed by atoms with Crippen LogP contribution in [-0.2, 0) is 5.88 Å². The molecule has 0 aliphatic heterocycles. The van der Waals surface area contributed by atoms with E-state index in [9.17, 15) is 14.3 Å². The smallest absolute Gasteiger partial charge is 0.432 e. The first-order valence-electron chi connectivity index (χ1n) is 6.17. The van der Waals surface area contributed by atoms with Gasteiger partial charge in [0, 0.05) is 16.8 Å². The van der Waals surface area contributed by atoms with E-state index in [1.54, 1.807) is 30.3 Å². The number of halogens is 2. The molecule has 0 fully saturated rings. The predicted octanol–water partition coefficient (Wildman–Crippen LogP) is 4.11. The fraction of sp³-hybridized carbons (Fsp3) is 0.0667. The van der Waals surface area contributed by atoms with Crippen molar-refractivity contribution in [3.8, 4) is 11.3 Å². The number of rotatable bonds is 2. The van der Waals surface area contributed by atoms with E-state index in [4.69, 9.17) is 11.6 Å². The maximum Gasteiger partial charge on any atom is 0.432 e. The van der Waals surface area contributed by atoms with Crippen molar-refractivity contribution in [1.82, 2.24) is 9.78 Å². The van der Waals surface area contributed by atoms with Crippen molar-refractivity contribution >= 4 is 28.6 Å². The SMILES string of the molecule is O=C(O)n1nc(-c2cccc(F)c2)c2cc(CCl)ccc21. The monoisotopic (exact) mass is 304 g/mol. The first-order valence-corrected chi connectivity index (χ1v) is 6.70. The van der Waals surface area contributed by atoms with Crippen molar-refractivity contribution in [3.63, 3.8) is 0 Å². The Bertz CT molecular complexity index is 845. The van der Waals surface area contributed by atoms with Crippen LogP contribution in [0.4, 0.5) is 9.18 Å². The zero-order valence-electron chi connectivity index (χ0n) is 10.8. The largest absolute Gasteiger partial charge is 0.463 e. The van der Waals surface area contributed by atoms with E-state index < -0.39 is 11.9 Å². The second-order valence-electron chi connectivity index (χ2n) is 4.54. The van der Waals surface area contributed by atoms with Crippen LogP contribution in [0.5, 0.6) is 0 Å². The Hall–Kier alpha value is -2.40. The van der Waals surface area contributed by atoms with Crippen LogP contribution in [-0.4, -0.2) is 21.0 Å². The molecule has 106 valence electrons. The van der Waals surface area contributed by atoms with Gasteiger partial charge in [0.15, 0.2) is 0 Å². The summed E-state index contributed by atoms with van der Waals surface area (Å²) in [6, 6.07) is 11.1. The van der Waals surface area contributed by atoms with Crippen molar-refractivity contribution in [2.24, 2.45) is 0 Å². The Kier molecular flexibility index (Phi) is 3.35. The number of hydrogen-bond acceptors (Lipinski definition) is 2. The molecule has 4 nitrogen and oxygen atoms in total. The highest BCUT2D eigenvalue weighted by atomic mass is 35.5. The number of hydrogen-bond donors (Lipinski definition) is 1. The Morgan fingerprint density at radius 2 is 2.10 bits per heavy atom. The van der Waals surface area contributed by atoms with Crippen molar-refractivity contribution < 1.29 is 14.3 Å². The molecule has 0 unspecified atom stereocenters. The van der Waals surface area contributed by atoms with Gasteiger partial charge in [-0.15, -0.1) is 11.6 Å². The van der Waals surface area contributed by atoms with Crippen molar-refractivity contribution in [1.29, 1.82) is 0 Å². The van der Waals surface area contributed by atoms with E-state index in [2.05, 4.69) is 5.10 Å². The zero-order chi connectivity index (χ0) is 15.0. The minimum absolute atomic E-state index is 0.302. The van der Waals surface area contributed by atoms with Crippen LogP contribution >= 0.6 is 11.6 Å². The number of fused-ring (bicyclic) bond motifs is 1. The van der Waals surface area contributed by atoms with E-state index in [0.717, 1.165) is 10.2 Å². The third kappa shape index (κ3) is 2.36. The summed E-state index contributed by atoms with van der Waals surface area (Å²) in [5, 5.41) is 13.9. The fourth-order valence-corrected chi connectivity index (χ4v) is 2.41. The van der Waals surface area contributed by atoms with Crippen LogP contribution in [0.15, 0.2) is 42.5 Å². The minimum atomic E-state index is -1.19. The lowest BCUT2D eigenvalue weighted by atomic mass is 10.1. The van der Waals surface area contributed by atoms with Gasteiger partial charge in [-0.25, -0.2) is 9.18 Å². The van der Waals surface area contributed by atoms with Crippen LogP contribution in [0, 0.1) is 5.82 Å². The van der Waals surface area contributed by atoms with Gasteiger partial charge in [0.05, 0.1) is 5.52 Å². The van der Waals surface area contributed by atoms with Gasteiger partial charge >= 0.3 is 6.09 Å². The summed E-state index contributed by atoms with van der Waals surface area (Å²) in [7, 11) is 0. The standard InChI is InChI=1S/C15H10ClFN2O2/c16-8-9-4-5-13-12(6-9)14(18-19(13)15(20)21)10-2-1-3-11(17)7-10/h1-7H,8H2,(H,20,21). The number of carbonyl (C=O) groups is 1. The summed E-state index contributed by atoms with van der Waals surface area (Å²) in [5.41, 5.74) is 2.22. The molecule has 1 aromatic heterocycles. The Morgan fingerprint density at radius 1 is 1.29 bits per heavy atom. The zero-order valence-corrected chi connectivity index (χ0v) is 11.5. The molecule has 0 atom stereocenters. The van der Waals surface area contributed by atoms with Crippen molar-refractivity contribution in [3.05, 3.63) is 53.8 Å². The second kappa shape index (κ2) is 5.18. The van der Waals surface area contributed by atoms with E-state index in [1.807, 2.05) is 0 Å². The summed E-state index contributed by atoms with van der Waals surface area (Å²) < 4.78 is 14.3. The van der Waals surface area contributed by atoms with Gasteiger partial charge in [0.1, 0.15) is 11.5 Å². The molecule has 0 aliphatic carbocycles. The molecule has 0 saturated carbocycles. The van der Waals surface area contributed by atoms with Crippen molar-refractivity contribution in [2.45, 2.75) is 5.88 Å². The third-order valence-corrected chi connectivity index (χ3v) is 3.49. The number of carboxylic acid groups (broad SMARTS) is 1. The molecule has 6 heteroatoms. The molecule has 0 amide bonds. The quantitative estimate of drug-likeness (QED) is 0.725. The summed E-state index contributed by atoms with van der Waals surface area (Å²) in [5.74, 6) is -0.101. The van der Waals surface area contributed by atoms with E-state index in [1.165, 1.54) is 12.1 Å². The topological polar surface area (TPSA) is 55.1 Å². The summed E-state index contributed by atoms with van der Waals surface area (Å²) in [4.78, 5) is 11.3. The normalized spacial score (nSPS) is 11.0.